The summed E-state index contributed by atoms with van der Waals surface area (Å²) >= 11 is 0. The summed E-state index contributed by atoms with van der Waals surface area (Å²) in [6.07, 6.45) is 2.62. The molecule has 0 bridgehead atoms. The van der Waals surface area contributed by atoms with Crippen molar-refractivity contribution in [1.82, 2.24) is 24.7 Å². The molecule has 8 nitrogen and oxygen atoms in total. The van der Waals surface area contributed by atoms with Gasteiger partial charge in [-0.1, -0.05) is 0 Å². The van der Waals surface area contributed by atoms with E-state index in [9.17, 15) is 23.2 Å². The summed E-state index contributed by atoms with van der Waals surface area (Å²) in [5, 5.41) is 14.4. The van der Waals surface area contributed by atoms with Gasteiger partial charge in [0.25, 0.3) is 0 Å². The van der Waals surface area contributed by atoms with Gasteiger partial charge in [0.1, 0.15) is 23.6 Å². The van der Waals surface area contributed by atoms with Gasteiger partial charge in [-0.3, -0.25) is 4.68 Å². The number of aromatic amines is 1. The largest absolute Gasteiger partial charge is 0.490 e. The van der Waals surface area contributed by atoms with Crippen LogP contribution in [0.4, 0.5) is 13.2 Å². The molecule has 0 aliphatic heterocycles. The minimum Gasteiger partial charge on any atom is -0.450 e. The van der Waals surface area contributed by atoms with Gasteiger partial charge in [-0.05, 0) is 31.7 Å². The predicted molar refractivity (Wildman–Crippen MR) is 97.7 cm³/mol. The Bertz CT molecular complexity index is 1110. The Labute approximate surface area is 168 Å². The number of aromatic nitrogens is 5. The molecule has 1 aliphatic rings. The maximum absolute atomic E-state index is 12.9. The van der Waals surface area contributed by atoms with E-state index in [1.807, 2.05) is 6.07 Å². The van der Waals surface area contributed by atoms with Gasteiger partial charge in [0.2, 0.25) is 0 Å². The van der Waals surface area contributed by atoms with E-state index in [-0.39, 0.29) is 19.3 Å². The molecule has 0 amide bonds. The van der Waals surface area contributed by atoms with Crippen LogP contribution < -0.4 is 0 Å². The summed E-state index contributed by atoms with van der Waals surface area (Å²) in [5.74, 6) is -2.25. The molecule has 0 spiro atoms. The monoisotopic (exact) mass is 418 g/mol. The van der Waals surface area contributed by atoms with Gasteiger partial charge in [0, 0.05) is 23.3 Å². The van der Waals surface area contributed by atoms with Crippen LogP contribution in [0.5, 0.6) is 0 Å². The summed E-state index contributed by atoms with van der Waals surface area (Å²) in [6.45, 7) is 0. The number of rotatable bonds is 5. The summed E-state index contributed by atoms with van der Waals surface area (Å²) in [4.78, 5) is 23.0. The first-order valence-corrected chi connectivity index (χ1v) is 9.34. The zero-order chi connectivity index (χ0) is 21.4. The molecule has 0 radical (unpaired) electrons. The summed E-state index contributed by atoms with van der Waals surface area (Å²) < 4.78 is 45.1. The average molecular weight is 418 g/mol. The van der Waals surface area contributed by atoms with Gasteiger partial charge in [0.15, 0.2) is 0 Å². The van der Waals surface area contributed by atoms with Crippen LogP contribution in [0, 0.1) is 11.3 Å². The van der Waals surface area contributed by atoms with Gasteiger partial charge in [-0.2, -0.15) is 23.5 Å². The minimum atomic E-state index is -5.11. The fourth-order valence-corrected chi connectivity index (χ4v) is 4.06. The van der Waals surface area contributed by atoms with E-state index in [4.69, 9.17) is 4.74 Å². The van der Waals surface area contributed by atoms with Gasteiger partial charge in [-0.15, -0.1) is 0 Å². The van der Waals surface area contributed by atoms with Crippen molar-refractivity contribution in [2.24, 2.45) is 0 Å². The lowest BCUT2D eigenvalue weighted by Crippen LogP contribution is -2.44. The Balaban J connectivity index is 1.72. The summed E-state index contributed by atoms with van der Waals surface area (Å²) in [7, 11) is 0. The third-order valence-corrected chi connectivity index (χ3v) is 5.42. The van der Waals surface area contributed by atoms with Crippen molar-refractivity contribution in [2.75, 3.05) is 0 Å². The van der Waals surface area contributed by atoms with Crippen molar-refractivity contribution < 1.29 is 22.7 Å². The third-order valence-electron chi connectivity index (χ3n) is 5.42. The number of H-pyrrole nitrogens is 1. The van der Waals surface area contributed by atoms with E-state index in [1.165, 1.54) is 17.2 Å². The molecule has 3 heterocycles. The topological polar surface area (TPSA) is 109 Å². The van der Waals surface area contributed by atoms with E-state index in [1.54, 1.807) is 18.5 Å². The van der Waals surface area contributed by atoms with Gasteiger partial charge < -0.3 is 9.72 Å². The normalized spacial score (nSPS) is 17.0. The van der Waals surface area contributed by atoms with Crippen LogP contribution in [-0.4, -0.2) is 42.5 Å². The molecule has 0 aromatic carbocycles. The van der Waals surface area contributed by atoms with Crippen LogP contribution in [0.25, 0.3) is 22.3 Å². The lowest BCUT2D eigenvalue weighted by Gasteiger charge is -2.36. The van der Waals surface area contributed by atoms with Gasteiger partial charge >= 0.3 is 12.1 Å². The van der Waals surface area contributed by atoms with E-state index >= 15 is 0 Å². The molecule has 1 unspecified atom stereocenters. The molecule has 4 rings (SSSR count). The first-order chi connectivity index (χ1) is 14.3. The minimum absolute atomic E-state index is 0.157. The molecule has 1 fully saturated rings. The molecule has 0 saturated heterocycles. The number of hydrogen-bond donors (Lipinski definition) is 1. The van der Waals surface area contributed by atoms with Gasteiger partial charge in [0.05, 0.1) is 24.4 Å². The van der Waals surface area contributed by atoms with Crippen LogP contribution in [-0.2, 0) is 9.53 Å². The Morgan fingerprint density at radius 3 is 2.83 bits per heavy atom. The van der Waals surface area contributed by atoms with Crippen molar-refractivity contribution in [2.45, 2.75) is 49.9 Å². The third kappa shape index (κ3) is 3.49. The molecule has 1 N–H and O–H groups in total. The van der Waals surface area contributed by atoms with Crippen LogP contribution in [0.15, 0.2) is 31.0 Å². The molecule has 1 atom stereocenters. The van der Waals surface area contributed by atoms with E-state index in [2.05, 4.69) is 20.1 Å². The fourth-order valence-electron chi connectivity index (χ4n) is 4.06. The first-order valence-electron chi connectivity index (χ1n) is 9.34. The quantitative estimate of drug-likeness (QED) is 0.633. The second-order valence-corrected chi connectivity index (χ2v) is 7.21. The van der Waals surface area contributed by atoms with Crippen molar-refractivity contribution in [3.63, 3.8) is 0 Å². The second-order valence-electron chi connectivity index (χ2n) is 7.21. The Kier molecular flexibility index (Phi) is 4.93. The molecule has 3 aromatic heterocycles. The zero-order valence-electron chi connectivity index (χ0n) is 15.7. The molecule has 156 valence electrons. The lowest BCUT2D eigenvalue weighted by atomic mass is 9.90. The van der Waals surface area contributed by atoms with Crippen molar-refractivity contribution in [3.8, 4) is 17.3 Å². The van der Waals surface area contributed by atoms with E-state index < -0.39 is 23.8 Å². The first kappa shape index (κ1) is 19.9. The number of hydrogen-bond acceptors (Lipinski definition) is 6. The molecule has 11 heteroatoms. The number of carbonyl (C=O) groups excluding carboxylic acids is 1. The summed E-state index contributed by atoms with van der Waals surface area (Å²) in [6, 6.07) is 2.94. The molecular weight excluding hydrogens is 401 g/mol. The Morgan fingerprint density at radius 1 is 1.37 bits per heavy atom. The number of nitrogens with zero attached hydrogens (tertiary/aromatic N) is 5. The lowest BCUT2D eigenvalue weighted by molar-refractivity contribution is -0.218. The highest BCUT2D eigenvalue weighted by Crippen LogP contribution is 2.44. The maximum atomic E-state index is 12.9. The zero-order valence-corrected chi connectivity index (χ0v) is 15.7. The SMILES string of the molecule is N#CCC(n1cc(-c2ncnc3[nH]ccc23)cn1)C1(OC(=O)C(F)(F)F)CCCC1. The second kappa shape index (κ2) is 7.44. The van der Waals surface area contributed by atoms with Crippen molar-refractivity contribution in [3.05, 3.63) is 31.0 Å². The number of esters is 1. The Hall–Kier alpha value is -3.42. The average Bonchev–Trinajstić information content (AvgIpc) is 3.45. The highest BCUT2D eigenvalue weighted by molar-refractivity contribution is 5.90. The van der Waals surface area contributed by atoms with E-state index in [0.717, 1.165) is 5.39 Å². The molecule has 3 aromatic rings. The number of carbonyl (C=O) groups is 1. The number of alkyl halides is 3. The molecule has 30 heavy (non-hydrogen) atoms. The van der Waals surface area contributed by atoms with Crippen LogP contribution in [0.3, 0.4) is 0 Å². The number of fused-ring (bicyclic) bond motifs is 1. The molecular formula is C19H17F3N6O2. The smallest absolute Gasteiger partial charge is 0.450 e. The van der Waals surface area contributed by atoms with Crippen LogP contribution >= 0.6 is 0 Å². The van der Waals surface area contributed by atoms with Crippen LogP contribution in [0.2, 0.25) is 0 Å². The standard InChI is InChI=1S/C19H17F3N6O2/c20-19(21,22)17(29)30-18(5-1-2-6-18)14(3-7-23)28-10-12(9-27-28)15-13-4-8-24-16(13)26-11-25-15/h4,8-11,14H,1-3,5-6H2,(H,24,25,26). The van der Waals surface area contributed by atoms with Crippen molar-refractivity contribution >= 4 is 17.0 Å². The number of ether oxygens (including phenoxy) is 1. The highest BCUT2D eigenvalue weighted by atomic mass is 19.4. The fraction of sp³-hybridized carbons (Fsp3) is 0.421. The van der Waals surface area contributed by atoms with Gasteiger partial charge in [-0.25, -0.2) is 14.8 Å². The Morgan fingerprint density at radius 2 is 2.13 bits per heavy atom. The molecule has 1 aliphatic carbocycles. The highest BCUT2D eigenvalue weighted by Gasteiger charge is 2.51. The predicted octanol–water partition coefficient (Wildman–Crippen LogP) is 3.69. The van der Waals surface area contributed by atoms with Crippen LogP contribution in [0.1, 0.15) is 38.1 Å². The number of nitriles is 1. The number of halogens is 3. The maximum Gasteiger partial charge on any atom is 0.490 e. The van der Waals surface area contributed by atoms with E-state index in [0.29, 0.717) is 29.7 Å². The number of nitrogens with one attached hydrogen (secondary N) is 1. The molecule has 1 saturated carbocycles. The summed E-state index contributed by atoms with van der Waals surface area (Å²) in [5.41, 5.74) is 0.393. The van der Waals surface area contributed by atoms with Crippen molar-refractivity contribution in [1.29, 1.82) is 5.26 Å².